The van der Waals surface area contributed by atoms with Crippen LogP contribution in [0.15, 0.2) is 48.5 Å². The van der Waals surface area contributed by atoms with Crippen molar-refractivity contribution in [1.29, 1.82) is 0 Å². The molecule has 3 nitrogen and oxygen atoms in total. The maximum atomic E-state index is 12.6. The van der Waals surface area contributed by atoms with Crippen molar-refractivity contribution in [2.75, 3.05) is 19.6 Å². The summed E-state index contributed by atoms with van der Waals surface area (Å²) < 4.78 is 49.5. The maximum absolute atomic E-state index is 12.6. The van der Waals surface area contributed by atoms with Crippen molar-refractivity contribution >= 4 is 0 Å². The zero-order valence-electron chi connectivity index (χ0n) is 14.2. The van der Waals surface area contributed by atoms with Crippen LogP contribution in [0, 0.1) is 5.92 Å². The Labute approximate surface area is 150 Å². The van der Waals surface area contributed by atoms with E-state index in [0.717, 1.165) is 24.4 Å². The Morgan fingerprint density at radius 2 is 1.35 bits per heavy atom. The number of hydrogen-bond acceptors (Lipinski definition) is 3. The molecule has 0 N–H and O–H groups in total. The van der Waals surface area contributed by atoms with Crippen LogP contribution in [0.4, 0.5) is 13.2 Å². The molecule has 3 heterocycles. The SMILES string of the molecule is FC(F)(F)c1ccc(Oc2ccc(OC3CN4CCC3CC4)cc2)cc1. The molecule has 26 heavy (non-hydrogen) atoms. The number of benzene rings is 2. The Kier molecular flexibility index (Phi) is 4.53. The summed E-state index contributed by atoms with van der Waals surface area (Å²) in [4.78, 5) is 2.44. The van der Waals surface area contributed by atoms with E-state index in [1.165, 1.54) is 38.1 Å². The van der Waals surface area contributed by atoms with Gasteiger partial charge in [-0.05, 0) is 80.4 Å². The third kappa shape index (κ3) is 3.80. The van der Waals surface area contributed by atoms with Crippen LogP contribution in [0.25, 0.3) is 0 Å². The maximum Gasteiger partial charge on any atom is 0.416 e. The molecule has 0 aliphatic carbocycles. The van der Waals surface area contributed by atoms with Crippen LogP contribution in [0.1, 0.15) is 18.4 Å². The summed E-state index contributed by atoms with van der Waals surface area (Å²) >= 11 is 0. The van der Waals surface area contributed by atoms with Crippen molar-refractivity contribution < 1.29 is 22.6 Å². The van der Waals surface area contributed by atoms with E-state index in [9.17, 15) is 13.2 Å². The summed E-state index contributed by atoms with van der Waals surface area (Å²) in [7, 11) is 0. The first kappa shape index (κ1) is 17.2. The highest BCUT2D eigenvalue weighted by Gasteiger charge is 2.35. The molecule has 2 bridgehead atoms. The fourth-order valence-electron chi connectivity index (χ4n) is 3.65. The number of fused-ring (bicyclic) bond motifs is 3. The van der Waals surface area contributed by atoms with Gasteiger partial charge in [0, 0.05) is 6.54 Å². The van der Waals surface area contributed by atoms with Gasteiger partial charge in [-0.25, -0.2) is 0 Å². The van der Waals surface area contributed by atoms with E-state index in [1.54, 1.807) is 12.1 Å². The largest absolute Gasteiger partial charge is 0.489 e. The average Bonchev–Trinajstić information content (AvgIpc) is 2.64. The number of alkyl halides is 3. The van der Waals surface area contributed by atoms with Crippen LogP contribution in [0.5, 0.6) is 17.2 Å². The van der Waals surface area contributed by atoms with Crippen molar-refractivity contribution in [2.24, 2.45) is 5.92 Å². The molecule has 1 atom stereocenters. The zero-order chi connectivity index (χ0) is 18.1. The Morgan fingerprint density at radius 1 is 0.808 bits per heavy atom. The summed E-state index contributed by atoms with van der Waals surface area (Å²) in [6.45, 7) is 3.32. The van der Waals surface area contributed by atoms with Gasteiger partial charge < -0.3 is 9.47 Å². The van der Waals surface area contributed by atoms with Gasteiger partial charge in [0.2, 0.25) is 0 Å². The number of halogens is 3. The van der Waals surface area contributed by atoms with Crippen LogP contribution >= 0.6 is 0 Å². The van der Waals surface area contributed by atoms with E-state index in [0.29, 0.717) is 17.4 Å². The Hall–Kier alpha value is -2.21. The Balaban J connectivity index is 1.37. The van der Waals surface area contributed by atoms with Gasteiger partial charge in [-0.1, -0.05) is 0 Å². The lowest BCUT2D eigenvalue weighted by Crippen LogP contribution is -2.52. The fourth-order valence-corrected chi connectivity index (χ4v) is 3.65. The van der Waals surface area contributed by atoms with Crippen molar-refractivity contribution in [3.05, 3.63) is 54.1 Å². The van der Waals surface area contributed by atoms with E-state index in [2.05, 4.69) is 4.90 Å². The van der Waals surface area contributed by atoms with E-state index in [1.807, 2.05) is 12.1 Å². The van der Waals surface area contributed by atoms with Crippen LogP contribution in [0.2, 0.25) is 0 Å². The van der Waals surface area contributed by atoms with E-state index in [4.69, 9.17) is 9.47 Å². The molecule has 138 valence electrons. The molecule has 3 fully saturated rings. The first-order valence-corrected chi connectivity index (χ1v) is 8.81. The fraction of sp³-hybridized carbons (Fsp3) is 0.400. The lowest BCUT2D eigenvalue weighted by atomic mass is 9.86. The molecule has 0 saturated carbocycles. The van der Waals surface area contributed by atoms with Gasteiger partial charge >= 0.3 is 6.18 Å². The zero-order valence-corrected chi connectivity index (χ0v) is 14.2. The minimum Gasteiger partial charge on any atom is -0.489 e. The summed E-state index contributed by atoms with van der Waals surface area (Å²) in [5.41, 5.74) is -0.689. The highest BCUT2D eigenvalue weighted by atomic mass is 19.4. The number of rotatable bonds is 4. The van der Waals surface area contributed by atoms with Gasteiger partial charge in [-0.3, -0.25) is 4.90 Å². The third-order valence-electron chi connectivity index (χ3n) is 5.12. The molecule has 0 amide bonds. The number of hydrogen-bond donors (Lipinski definition) is 0. The Morgan fingerprint density at radius 3 is 1.85 bits per heavy atom. The predicted octanol–water partition coefficient (Wildman–Crippen LogP) is 4.97. The van der Waals surface area contributed by atoms with Crippen molar-refractivity contribution in [3.8, 4) is 17.2 Å². The van der Waals surface area contributed by atoms with E-state index >= 15 is 0 Å². The first-order chi connectivity index (χ1) is 12.5. The molecular formula is C20H20F3NO2. The van der Waals surface area contributed by atoms with Gasteiger partial charge in [0.25, 0.3) is 0 Å². The molecule has 3 saturated heterocycles. The quantitative estimate of drug-likeness (QED) is 0.765. The molecule has 5 rings (SSSR count). The number of ether oxygens (including phenoxy) is 2. The second-order valence-electron chi connectivity index (χ2n) is 6.89. The van der Waals surface area contributed by atoms with Gasteiger partial charge in [0.15, 0.2) is 0 Å². The second kappa shape index (κ2) is 6.83. The second-order valence-corrected chi connectivity index (χ2v) is 6.89. The Bertz CT molecular complexity index is 735. The minimum atomic E-state index is -4.34. The number of nitrogens with zero attached hydrogens (tertiary/aromatic N) is 1. The van der Waals surface area contributed by atoms with Gasteiger partial charge in [0.1, 0.15) is 23.4 Å². The molecule has 2 aromatic carbocycles. The molecular weight excluding hydrogens is 343 g/mol. The standard InChI is InChI=1S/C20H20F3NO2/c21-20(22,23)15-1-3-16(4-2-15)25-17-5-7-18(8-6-17)26-19-13-24-11-9-14(19)10-12-24/h1-8,14,19H,9-13H2. The number of piperidine rings is 3. The monoisotopic (exact) mass is 363 g/mol. The molecule has 0 radical (unpaired) electrons. The first-order valence-electron chi connectivity index (χ1n) is 8.81. The molecule has 1 unspecified atom stereocenters. The summed E-state index contributed by atoms with van der Waals surface area (Å²) in [6, 6.07) is 11.9. The minimum absolute atomic E-state index is 0.235. The van der Waals surface area contributed by atoms with Gasteiger partial charge in [-0.2, -0.15) is 13.2 Å². The van der Waals surface area contributed by atoms with Crippen LogP contribution in [-0.4, -0.2) is 30.6 Å². The lowest BCUT2D eigenvalue weighted by molar-refractivity contribution is -0.137. The average molecular weight is 363 g/mol. The van der Waals surface area contributed by atoms with Crippen LogP contribution in [0.3, 0.4) is 0 Å². The molecule has 2 aromatic rings. The van der Waals surface area contributed by atoms with E-state index < -0.39 is 11.7 Å². The predicted molar refractivity (Wildman–Crippen MR) is 91.5 cm³/mol. The molecule has 0 spiro atoms. The van der Waals surface area contributed by atoms with Crippen LogP contribution in [-0.2, 0) is 6.18 Å². The molecule has 3 aliphatic heterocycles. The van der Waals surface area contributed by atoms with Crippen molar-refractivity contribution in [1.82, 2.24) is 4.90 Å². The van der Waals surface area contributed by atoms with Gasteiger partial charge in [-0.15, -0.1) is 0 Å². The van der Waals surface area contributed by atoms with Crippen LogP contribution < -0.4 is 9.47 Å². The normalized spacial score (nSPS) is 25.1. The molecule has 3 aliphatic rings. The molecule has 0 aromatic heterocycles. The smallest absolute Gasteiger partial charge is 0.416 e. The highest BCUT2D eigenvalue weighted by Crippen LogP contribution is 2.33. The lowest BCUT2D eigenvalue weighted by Gasteiger charge is -2.44. The topological polar surface area (TPSA) is 21.7 Å². The summed E-state index contributed by atoms with van der Waals surface area (Å²) in [6.07, 6.45) is -1.72. The summed E-state index contributed by atoms with van der Waals surface area (Å²) in [5, 5.41) is 0. The third-order valence-corrected chi connectivity index (χ3v) is 5.12. The van der Waals surface area contributed by atoms with Crippen molar-refractivity contribution in [2.45, 2.75) is 25.1 Å². The summed E-state index contributed by atoms with van der Waals surface area (Å²) in [5.74, 6) is 2.35. The van der Waals surface area contributed by atoms with Gasteiger partial charge in [0.05, 0.1) is 5.56 Å². The molecule has 6 heteroatoms. The van der Waals surface area contributed by atoms with E-state index in [-0.39, 0.29) is 6.10 Å². The van der Waals surface area contributed by atoms with Crippen molar-refractivity contribution in [3.63, 3.8) is 0 Å². The highest BCUT2D eigenvalue weighted by molar-refractivity contribution is 5.37.